The Morgan fingerprint density at radius 2 is 2.00 bits per heavy atom. The number of aryl methyl sites for hydroxylation is 1. The minimum absolute atomic E-state index is 0.803. The molecule has 3 heteroatoms. The van der Waals surface area contributed by atoms with Gasteiger partial charge in [-0.05, 0) is 39.2 Å². The molecule has 16 heavy (non-hydrogen) atoms. The highest BCUT2D eigenvalue weighted by atomic mass is 35.5. The third-order valence-electron chi connectivity index (χ3n) is 2.75. The molecule has 0 aliphatic heterocycles. The molecule has 1 heterocycles. The zero-order valence-electron chi connectivity index (χ0n) is 10.00. The summed E-state index contributed by atoms with van der Waals surface area (Å²) in [5, 5.41) is 2.07. The molecule has 0 fully saturated rings. The first kappa shape index (κ1) is 11.5. The maximum absolute atomic E-state index is 6.04. The number of hydrogen-bond acceptors (Lipinski definition) is 1. The van der Waals surface area contributed by atoms with Crippen molar-refractivity contribution in [2.24, 2.45) is 0 Å². The van der Waals surface area contributed by atoms with Gasteiger partial charge in [0.25, 0.3) is 0 Å². The number of halogens is 1. The molecule has 0 amide bonds. The Kier molecular flexibility index (Phi) is 3.22. The topological polar surface area (TPSA) is 8.17 Å². The van der Waals surface area contributed by atoms with Crippen LogP contribution in [-0.2, 0) is 13.1 Å². The number of fused-ring (bicyclic) bond motifs is 1. The summed E-state index contributed by atoms with van der Waals surface area (Å²) in [6, 6.07) is 8.32. The molecule has 0 saturated carbocycles. The van der Waals surface area contributed by atoms with Crippen LogP contribution in [0.5, 0.6) is 0 Å². The summed E-state index contributed by atoms with van der Waals surface area (Å²) in [5.41, 5.74) is 2.57. The largest absolute Gasteiger partial charge is 0.344 e. The van der Waals surface area contributed by atoms with Crippen LogP contribution in [0.4, 0.5) is 0 Å². The quantitative estimate of drug-likeness (QED) is 0.793. The van der Waals surface area contributed by atoms with E-state index in [-0.39, 0.29) is 0 Å². The minimum atomic E-state index is 0.803. The Balaban J connectivity index is 2.57. The van der Waals surface area contributed by atoms with E-state index in [0.717, 1.165) is 18.1 Å². The van der Waals surface area contributed by atoms with Crippen LogP contribution < -0.4 is 0 Å². The first-order valence-electron chi connectivity index (χ1n) is 5.54. The summed E-state index contributed by atoms with van der Waals surface area (Å²) in [4.78, 5) is 2.18. The van der Waals surface area contributed by atoms with Crippen LogP contribution in [0.1, 0.15) is 12.6 Å². The number of aromatic nitrogens is 1. The van der Waals surface area contributed by atoms with Gasteiger partial charge in [-0.2, -0.15) is 0 Å². The molecule has 0 N–H and O–H groups in total. The Labute approximate surface area is 101 Å². The van der Waals surface area contributed by atoms with Crippen molar-refractivity contribution in [1.29, 1.82) is 0 Å². The number of benzene rings is 1. The lowest BCUT2D eigenvalue weighted by molar-refractivity contribution is 0.389. The van der Waals surface area contributed by atoms with Crippen LogP contribution >= 0.6 is 11.6 Å². The van der Waals surface area contributed by atoms with Crippen LogP contribution in [0.25, 0.3) is 10.9 Å². The SMILES string of the molecule is CCn1c(CN(C)C)cc2ccc(Cl)cc21. The van der Waals surface area contributed by atoms with Crippen molar-refractivity contribution < 1.29 is 0 Å². The van der Waals surface area contributed by atoms with E-state index in [1.165, 1.54) is 16.6 Å². The second kappa shape index (κ2) is 4.48. The summed E-state index contributed by atoms with van der Waals surface area (Å²) < 4.78 is 2.32. The molecule has 0 atom stereocenters. The lowest BCUT2D eigenvalue weighted by atomic mass is 10.2. The molecule has 0 saturated heterocycles. The van der Waals surface area contributed by atoms with Crippen LogP contribution in [0.2, 0.25) is 5.02 Å². The van der Waals surface area contributed by atoms with Crippen molar-refractivity contribution >= 4 is 22.5 Å². The van der Waals surface area contributed by atoms with Gasteiger partial charge in [0.15, 0.2) is 0 Å². The maximum Gasteiger partial charge on any atom is 0.0497 e. The van der Waals surface area contributed by atoms with Gasteiger partial charge in [-0.15, -0.1) is 0 Å². The van der Waals surface area contributed by atoms with E-state index in [0.29, 0.717) is 0 Å². The normalized spacial score (nSPS) is 11.6. The van der Waals surface area contributed by atoms with E-state index in [4.69, 9.17) is 11.6 Å². The van der Waals surface area contributed by atoms with E-state index in [9.17, 15) is 0 Å². The molecule has 2 aromatic rings. The van der Waals surface area contributed by atoms with E-state index < -0.39 is 0 Å². The van der Waals surface area contributed by atoms with E-state index in [1.807, 2.05) is 12.1 Å². The van der Waals surface area contributed by atoms with Crippen molar-refractivity contribution in [3.8, 4) is 0 Å². The summed E-state index contributed by atoms with van der Waals surface area (Å²) >= 11 is 6.04. The molecule has 0 aliphatic carbocycles. The molecule has 86 valence electrons. The van der Waals surface area contributed by atoms with Crippen LogP contribution in [0, 0.1) is 0 Å². The highest BCUT2D eigenvalue weighted by Gasteiger charge is 2.08. The fraction of sp³-hybridized carbons (Fsp3) is 0.385. The second-order valence-electron chi connectivity index (χ2n) is 4.32. The van der Waals surface area contributed by atoms with E-state index >= 15 is 0 Å². The Morgan fingerprint density at radius 3 is 2.62 bits per heavy atom. The standard InChI is InChI=1S/C13H17ClN2/c1-4-16-12(9-15(2)3)7-10-5-6-11(14)8-13(10)16/h5-8H,4,9H2,1-3H3. The van der Waals surface area contributed by atoms with Gasteiger partial charge in [0.2, 0.25) is 0 Å². The highest BCUT2D eigenvalue weighted by Crippen LogP contribution is 2.24. The second-order valence-corrected chi connectivity index (χ2v) is 4.76. The molecule has 0 spiro atoms. The zero-order chi connectivity index (χ0) is 11.7. The predicted molar refractivity (Wildman–Crippen MR) is 70.0 cm³/mol. The molecule has 0 bridgehead atoms. The highest BCUT2D eigenvalue weighted by molar-refractivity contribution is 6.31. The summed E-state index contributed by atoms with van der Waals surface area (Å²) in [5.74, 6) is 0. The third kappa shape index (κ3) is 2.08. The molecule has 1 aromatic heterocycles. The molecule has 2 rings (SSSR count). The monoisotopic (exact) mass is 236 g/mol. The molecule has 0 radical (unpaired) electrons. The molecule has 0 unspecified atom stereocenters. The number of rotatable bonds is 3. The van der Waals surface area contributed by atoms with Gasteiger partial charge in [0.1, 0.15) is 0 Å². The lowest BCUT2D eigenvalue weighted by Gasteiger charge is -2.12. The summed E-state index contributed by atoms with van der Waals surface area (Å²) in [7, 11) is 4.18. The maximum atomic E-state index is 6.04. The van der Waals surface area contributed by atoms with E-state index in [2.05, 4.69) is 42.6 Å². The van der Waals surface area contributed by atoms with Crippen LogP contribution in [0.15, 0.2) is 24.3 Å². The fourth-order valence-corrected chi connectivity index (χ4v) is 2.28. The smallest absolute Gasteiger partial charge is 0.0497 e. The zero-order valence-corrected chi connectivity index (χ0v) is 10.8. The summed E-state index contributed by atoms with van der Waals surface area (Å²) in [6.45, 7) is 4.10. The average Bonchev–Trinajstić information content (AvgIpc) is 2.53. The fourth-order valence-electron chi connectivity index (χ4n) is 2.11. The lowest BCUT2D eigenvalue weighted by Crippen LogP contribution is -2.14. The molecular formula is C13H17ClN2. The molecule has 0 aliphatic rings. The number of nitrogens with zero attached hydrogens (tertiary/aromatic N) is 2. The van der Waals surface area contributed by atoms with Crippen molar-refractivity contribution in [3.63, 3.8) is 0 Å². The third-order valence-corrected chi connectivity index (χ3v) is 2.98. The van der Waals surface area contributed by atoms with Gasteiger partial charge in [-0.1, -0.05) is 17.7 Å². The number of hydrogen-bond donors (Lipinski definition) is 0. The first-order chi connectivity index (χ1) is 7.61. The first-order valence-corrected chi connectivity index (χ1v) is 5.92. The predicted octanol–water partition coefficient (Wildman–Crippen LogP) is 3.38. The Hall–Kier alpha value is -0.990. The minimum Gasteiger partial charge on any atom is -0.344 e. The van der Waals surface area contributed by atoms with Crippen LogP contribution in [-0.4, -0.2) is 23.6 Å². The van der Waals surface area contributed by atoms with Gasteiger partial charge >= 0.3 is 0 Å². The molecule has 2 nitrogen and oxygen atoms in total. The Bertz CT molecular complexity index is 500. The van der Waals surface area contributed by atoms with Crippen molar-refractivity contribution in [2.45, 2.75) is 20.0 Å². The van der Waals surface area contributed by atoms with Gasteiger partial charge in [-0.3, -0.25) is 0 Å². The van der Waals surface area contributed by atoms with Gasteiger partial charge < -0.3 is 9.47 Å². The average molecular weight is 237 g/mol. The Morgan fingerprint density at radius 1 is 1.25 bits per heavy atom. The van der Waals surface area contributed by atoms with Crippen molar-refractivity contribution in [2.75, 3.05) is 14.1 Å². The van der Waals surface area contributed by atoms with Gasteiger partial charge in [-0.25, -0.2) is 0 Å². The van der Waals surface area contributed by atoms with Gasteiger partial charge in [0.05, 0.1) is 0 Å². The van der Waals surface area contributed by atoms with E-state index in [1.54, 1.807) is 0 Å². The van der Waals surface area contributed by atoms with Crippen LogP contribution in [0.3, 0.4) is 0 Å². The molecular weight excluding hydrogens is 220 g/mol. The van der Waals surface area contributed by atoms with Gasteiger partial charge in [0, 0.05) is 34.7 Å². The molecule has 1 aromatic carbocycles. The van der Waals surface area contributed by atoms with Crippen molar-refractivity contribution in [3.05, 3.63) is 35.0 Å². The van der Waals surface area contributed by atoms with Crippen molar-refractivity contribution in [1.82, 2.24) is 9.47 Å². The summed E-state index contributed by atoms with van der Waals surface area (Å²) in [6.07, 6.45) is 0.